The molecular formula is C13H14N5PdS-. The molecule has 2 heterocycles. The number of hydrogen-bond donors (Lipinski definition) is 1. The van der Waals surface area contributed by atoms with Crippen molar-refractivity contribution in [3.05, 3.63) is 36.3 Å². The summed E-state index contributed by atoms with van der Waals surface area (Å²) in [6, 6.07) is 4.26. The van der Waals surface area contributed by atoms with Crippen LogP contribution in [0.15, 0.2) is 35.6 Å². The minimum atomic E-state index is 0. The third kappa shape index (κ3) is 2.75. The first-order valence-corrected chi connectivity index (χ1v) is 6.91. The van der Waals surface area contributed by atoms with Crippen LogP contribution in [0, 0.1) is 0 Å². The van der Waals surface area contributed by atoms with Crippen molar-refractivity contribution in [3.8, 4) is 0 Å². The zero-order valence-corrected chi connectivity index (χ0v) is 13.5. The maximum Gasteiger partial charge on any atom is 0.0921 e. The Morgan fingerprint density at radius 1 is 1.35 bits per heavy atom. The second-order valence-corrected chi connectivity index (χ2v) is 5.13. The van der Waals surface area contributed by atoms with Crippen LogP contribution in [0.2, 0.25) is 0 Å². The summed E-state index contributed by atoms with van der Waals surface area (Å²) in [6.07, 6.45) is 6.34. The van der Waals surface area contributed by atoms with Gasteiger partial charge in [-0.3, -0.25) is 4.68 Å². The van der Waals surface area contributed by atoms with Crippen molar-refractivity contribution in [2.24, 2.45) is 7.05 Å². The van der Waals surface area contributed by atoms with Crippen molar-refractivity contribution in [2.45, 2.75) is 18.2 Å². The molecule has 2 aromatic heterocycles. The third-order valence-corrected chi connectivity index (χ3v) is 3.83. The van der Waals surface area contributed by atoms with Gasteiger partial charge in [0.2, 0.25) is 0 Å². The molecule has 0 saturated carbocycles. The molecule has 0 saturated heterocycles. The van der Waals surface area contributed by atoms with Crippen LogP contribution in [-0.2, 0) is 33.9 Å². The second-order valence-electron chi connectivity index (χ2n) is 4.25. The van der Waals surface area contributed by atoms with Crippen LogP contribution in [0.1, 0.15) is 12.5 Å². The number of hydrogen-bond acceptors (Lipinski definition) is 4. The van der Waals surface area contributed by atoms with E-state index in [0.717, 1.165) is 27.9 Å². The summed E-state index contributed by atoms with van der Waals surface area (Å²) >= 11 is 1.52. The van der Waals surface area contributed by atoms with Gasteiger partial charge < -0.3 is 14.9 Å². The number of aromatic nitrogens is 4. The summed E-state index contributed by atoms with van der Waals surface area (Å²) in [6.45, 7) is 2.15. The fourth-order valence-corrected chi connectivity index (χ4v) is 2.74. The first kappa shape index (κ1) is 15.1. The summed E-state index contributed by atoms with van der Waals surface area (Å²) in [5, 5.41) is 13.1. The SMILES string of the molecule is CCc1ccc2cnn(C)c2c1NSc1cn[n-]c1.[Pd]. The quantitative estimate of drug-likeness (QED) is 0.558. The molecule has 1 N–H and O–H groups in total. The van der Waals surface area contributed by atoms with Gasteiger partial charge in [0.15, 0.2) is 0 Å². The van der Waals surface area contributed by atoms with E-state index < -0.39 is 0 Å². The molecule has 0 bridgehead atoms. The fourth-order valence-electron chi connectivity index (χ4n) is 2.09. The minimum Gasteiger partial charge on any atom is -0.581 e. The van der Waals surface area contributed by atoms with E-state index in [-0.39, 0.29) is 20.4 Å². The van der Waals surface area contributed by atoms with E-state index in [2.05, 4.69) is 39.1 Å². The monoisotopic (exact) mass is 378 g/mol. The molecule has 3 rings (SSSR count). The Balaban J connectivity index is 0.00000147. The fraction of sp³-hybridized carbons (Fsp3) is 0.231. The first-order valence-electron chi connectivity index (χ1n) is 6.09. The van der Waals surface area contributed by atoms with E-state index in [1.54, 1.807) is 12.4 Å². The molecule has 0 amide bonds. The molecule has 0 aliphatic heterocycles. The molecule has 0 aliphatic carbocycles. The Kier molecular flexibility index (Phi) is 4.87. The molecule has 0 unspecified atom stereocenters. The molecule has 3 aromatic rings. The van der Waals surface area contributed by atoms with Gasteiger partial charge in [-0.25, -0.2) is 0 Å². The predicted octanol–water partition coefficient (Wildman–Crippen LogP) is 2.60. The van der Waals surface area contributed by atoms with E-state index >= 15 is 0 Å². The minimum absolute atomic E-state index is 0. The molecule has 108 valence electrons. The van der Waals surface area contributed by atoms with E-state index in [0.29, 0.717) is 0 Å². The van der Waals surface area contributed by atoms with Crippen molar-refractivity contribution in [3.63, 3.8) is 0 Å². The van der Waals surface area contributed by atoms with Gasteiger partial charge in [0.25, 0.3) is 0 Å². The number of nitrogens with zero attached hydrogens (tertiary/aromatic N) is 4. The molecule has 0 atom stereocenters. The molecule has 5 nitrogen and oxygen atoms in total. The van der Waals surface area contributed by atoms with Gasteiger partial charge in [0.1, 0.15) is 0 Å². The molecule has 1 aromatic carbocycles. The van der Waals surface area contributed by atoms with E-state index in [9.17, 15) is 0 Å². The van der Waals surface area contributed by atoms with Gasteiger partial charge in [-0.15, -0.1) is 6.20 Å². The van der Waals surface area contributed by atoms with Crippen LogP contribution in [0.25, 0.3) is 10.9 Å². The molecular weight excluding hydrogens is 365 g/mol. The van der Waals surface area contributed by atoms with Gasteiger partial charge in [0, 0.05) is 43.9 Å². The van der Waals surface area contributed by atoms with Gasteiger partial charge in [-0.2, -0.15) is 5.10 Å². The summed E-state index contributed by atoms with van der Waals surface area (Å²) in [5.41, 5.74) is 3.52. The standard InChI is InChI=1S/C13H14N5S.Pd/c1-3-9-4-5-10-6-16-18(2)13(10)12(9)17-19-11-7-14-15-8-11;/h4-8,17H,3H2,1-2H3;/q-1;. The molecule has 0 fully saturated rings. The number of benzene rings is 1. The van der Waals surface area contributed by atoms with E-state index in [1.807, 2.05) is 17.9 Å². The van der Waals surface area contributed by atoms with E-state index in [4.69, 9.17) is 0 Å². The van der Waals surface area contributed by atoms with E-state index in [1.165, 1.54) is 17.5 Å². The van der Waals surface area contributed by atoms with Crippen LogP contribution in [0.4, 0.5) is 5.69 Å². The Bertz CT molecular complexity index is 692. The number of nitrogens with one attached hydrogen (secondary N) is 1. The Hall–Kier alpha value is -1.29. The second kappa shape index (κ2) is 6.44. The third-order valence-electron chi connectivity index (χ3n) is 3.08. The van der Waals surface area contributed by atoms with Crippen LogP contribution >= 0.6 is 11.9 Å². The predicted molar refractivity (Wildman–Crippen MR) is 77.1 cm³/mol. The molecule has 0 radical (unpaired) electrons. The van der Waals surface area contributed by atoms with Crippen molar-refractivity contribution >= 4 is 28.5 Å². The number of rotatable bonds is 4. The summed E-state index contributed by atoms with van der Waals surface area (Å²) < 4.78 is 5.31. The molecule has 7 heteroatoms. The largest absolute Gasteiger partial charge is 0.581 e. The topological polar surface area (TPSA) is 56.8 Å². The van der Waals surface area contributed by atoms with Crippen molar-refractivity contribution in [1.29, 1.82) is 0 Å². The zero-order valence-electron chi connectivity index (χ0n) is 11.1. The smallest absolute Gasteiger partial charge is 0.0921 e. The van der Waals surface area contributed by atoms with Crippen LogP contribution < -0.4 is 9.82 Å². The van der Waals surface area contributed by atoms with Gasteiger partial charge in [-0.1, -0.05) is 19.1 Å². The maximum absolute atomic E-state index is 4.32. The Morgan fingerprint density at radius 3 is 2.90 bits per heavy atom. The van der Waals surface area contributed by atoms with Crippen LogP contribution in [0.3, 0.4) is 0 Å². The maximum atomic E-state index is 4.32. The number of aryl methyl sites for hydroxylation is 2. The Morgan fingerprint density at radius 2 is 2.20 bits per heavy atom. The van der Waals surface area contributed by atoms with Gasteiger partial charge >= 0.3 is 0 Å². The molecule has 20 heavy (non-hydrogen) atoms. The molecule has 0 spiro atoms. The normalized spacial score (nSPS) is 10.5. The van der Waals surface area contributed by atoms with Crippen molar-refractivity contribution < 1.29 is 20.4 Å². The van der Waals surface area contributed by atoms with Crippen LogP contribution in [0.5, 0.6) is 0 Å². The first-order chi connectivity index (χ1) is 9.29. The zero-order chi connectivity index (χ0) is 13.2. The van der Waals surface area contributed by atoms with Gasteiger partial charge in [-0.05, 0) is 23.9 Å². The average molecular weight is 379 g/mol. The number of fused-ring (bicyclic) bond motifs is 1. The Labute approximate surface area is 135 Å². The number of anilines is 1. The van der Waals surface area contributed by atoms with Crippen molar-refractivity contribution in [2.75, 3.05) is 4.72 Å². The summed E-state index contributed by atoms with van der Waals surface area (Å²) in [5.74, 6) is 0. The average Bonchev–Trinajstić information content (AvgIpc) is 3.06. The van der Waals surface area contributed by atoms with Crippen LogP contribution in [-0.4, -0.2) is 14.9 Å². The summed E-state index contributed by atoms with van der Waals surface area (Å²) in [4.78, 5) is 1.00. The van der Waals surface area contributed by atoms with Crippen molar-refractivity contribution in [1.82, 2.24) is 20.0 Å². The molecule has 0 aliphatic rings. The summed E-state index contributed by atoms with van der Waals surface area (Å²) in [7, 11) is 1.96. The van der Waals surface area contributed by atoms with Gasteiger partial charge in [0.05, 0.1) is 17.4 Å².